The lowest BCUT2D eigenvalue weighted by Gasteiger charge is -2.07. The average Bonchev–Trinajstić information content (AvgIpc) is 2.91. The maximum atomic E-state index is 12.2. The topological polar surface area (TPSA) is 162 Å². The number of halogens is 1. The van der Waals surface area contributed by atoms with E-state index in [2.05, 4.69) is 56.7 Å². The number of carbonyl (C=O) groups is 2. The molecule has 0 atom stereocenters. The van der Waals surface area contributed by atoms with Crippen molar-refractivity contribution >= 4 is 62.8 Å². The molecule has 3 rings (SSSR count). The van der Waals surface area contributed by atoms with Crippen LogP contribution in [0.3, 0.4) is 0 Å². The van der Waals surface area contributed by atoms with Gasteiger partial charge in [0.05, 0.1) is 0 Å². The Hall–Kier alpha value is -3.37. The number of thioether (sulfide) groups is 1. The molecule has 0 saturated heterocycles. The molecule has 9 nitrogen and oxygen atoms in total. The van der Waals surface area contributed by atoms with E-state index in [-0.39, 0.29) is 33.6 Å². The highest BCUT2D eigenvalue weighted by molar-refractivity contribution is 8.12. The predicted molar refractivity (Wildman–Crippen MR) is 161 cm³/mol. The highest BCUT2D eigenvalue weighted by Crippen LogP contribution is 2.22. The molecule has 0 fully saturated rings. The van der Waals surface area contributed by atoms with Gasteiger partial charge in [-0.1, -0.05) is 87.5 Å². The Labute approximate surface area is 234 Å². The van der Waals surface area contributed by atoms with E-state index in [1.54, 1.807) is 6.92 Å². The third kappa shape index (κ3) is 10.5. The first-order valence-electron chi connectivity index (χ1n) is 12.6. The molecule has 0 radical (unpaired) electrons. The third-order valence-corrected chi connectivity index (χ3v) is 6.09. The number of aliphatic imine (C=N–C) groups is 1. The fourth-order valence-electron chi connectivity index (χ4n) is 3.24. The van der Waals surface area contributed by atoms with Crippen LogP contribution in [0.25, 0.3) is 10.8 Å². The second-order valence-electron chi connectivity index (χ2n) is 7.61. The van der Waals surface area contributed by atoms with Crippen molar-refractivity contribution in [3.8, 4) is 0 Å². The molecule has 1 aromatic heterocycles. The van der Waals surface area contributed by atoms with Gasteiger partial charge >= 0.3 is 0 Å². The molecule has 0 aliphatic rings. The zero-order valence-electron chi connectivity index (χ0n) is 22.7. The first kappa shape index (κ1) is 32.7. The van der Waals surface area contributed by atoms with Gasteiger partial charge in [-0.25, -0.2) is 9.97 Å². The zero-order valence-corrected chi connectivity index (χ0v) is 24.2. The van der Waals surface area contributed by atoms with E-state index >= 15 is 0 Å². The van der Waals surface area contributed by atoms with Crippen molar-refractivity contribution in [2.75, 3.05) is 18.0 Å². The second-order valence-corrected chi connectivity index (χ2v) is 9.12. The number of unbranched alkanes of at least 4 members (excludes halogenated alkanes) is 1. The monoisotopic (exact) mass is 559 g/mol. The molecule has 0 aliphatic carbocycles. The number of aryl methyl sites for hydroxylation is 1. The van der Waals surface area contributed by atoms with E-state index in [9.17, 15) is 9.59 Å². The summed E-state index contributed by atoms with van der Waals surface area (Å²) in [6.07, 6.45) is 2.61. The number of nitrogens with zero attached hydrogens (tertiary/aromatic N) is 3. The van der Waals surface area contributed by atoms with Gasteiger partial charge in [0.15, 0.2) is 33.6 Å². The van der Waals surface area contributed by atoms with Crippen LogP contribution in [0, 0.1) is 0 Å². The Morgan fingerprint density at radius 1 is 0.947 bits per heavy atom. The molecular weight excluding hydrogens is 522 g/mol. The van der Waals surface area contributed by atoms with Crippen LogP contribution < -0.4 is 22.5 Å². The van der Waals surface area contributed by atoms with Gasteiger partial charge in [-0.2, -0.15) is 0 Å². The molecule has 0 bridgehead atoms. The molecule has 206 valence electrons. The molecule has 3 aromatic rings. The van der Waals surface area contributed by atoms with Gasteiger partial charge in [0.2, 0.25) is 0 Å². The number of hydrogen-bond acceptors (Lipinski definition) is 8. The molecular formula is C27H38ClN7O2S. The van der Waals surface area contributed by atoms with Gasteiger partial charge in [0.1, 0.15) is 0 Å². The van der Waals surface area contributed by atoms with E-state index in [0.29, 0.717) is 12.3 Å². The van der Waals surface area contributed by atoms with E-state index in [1.807, 2.05) is 27.7 Å². The summed E-state index contributed by atoms with van der Waals surface area (Å²) in [5.41, 5.74) is 19.2. The standard InChI is InChI=1S/C23H26ClN7O2S.2C2H6/c1-13(32)34-12-15-6-8-16-10-14(5-7-17(16)11-15)4-2-3-9-28-23(27)31-22(33)18-20(25)30-21(26)19(24)29-18;2*1-2/h5-8,10-11H,2-4,9,12H2,1H3,(H4,25,26,30)(H3,27,28,31,33);2*1-2H3. The lowest BCUT2D eigenvalue weighted by molar-refractivity contribution is -0.109. The van der Waals surface area contributed by atoms with E-state index in [0.717, 1.165) is 30.2 Å². The second kappa shape index (κ2) is 17.2. The third-order valence-electron chi connectivity index (χ3n) is 4.93. The van der Waals surface area contributed by atoms with Gasteiger partial charge < -0.3 is 17.2 Å². The number of rotatable bonds is 8. The molecule has 7 N–H and O–H groups in total. The van der Waals surface area contributed by atoms with Crippen molar-refractivity contribution in [3.63, 3.8) is 0 Å². The fourth-order valence-corrected chi connectivity index (χ4v) is 3.92. The lowest BCUT2D eigenvalue weighted by Crippen LogP contribution is -2.38. The van der Waals surface area contributed by atoms with Crippen LogP contribution in [-0.4, -0.2) is 33.5 Å². The first-order chi connectivity index (χ1) is 18.2. The number of nitrogens with two attached hydrogens (primary N) is 3. The maximum Gasteiger partial charge on any atom is 0.280 e. The van der Waals surface area contributed by atoms with Crippen LogP contribution in [0.5, 0.6) is 0 Å². The minimum absolute atomic E-state index is 0.0383. The number of nitrogen functional groups attached to an aromatic ring is 2. The highest BCUT2D eigenvalue weighted by Gasteiger charge is 2.16. The summed E-state index contributed by atoms with van der Waals surface area (Å²) in [6, 6.07) is 12.7. The van der Waals surface area contributed by atoms with Gasteiger partial charge in [-0.3, -0.25) is 19.9 Å². The van der Waals surface area contributed by atoms with Crippen LogP contribution in [0.15, 0.2) is 41.4 Å². The number of guanidine groups is 1. The molecule has 11 heteroatoms. The summed E-state index contributed by atoms with van der Waals surface area (Å²) in [5, 5.41) is 4.75. The summed E-state index contributed by atoms with van der Waals surface area (Å²) in [4.78, 5) is 35.2. The predicted octanol–water partition coefficient (Wildman–Crippen LogP) is 5.35. The summed E-state index contributed by atoms with van der Waals surface area (Å²) >= 11 is 7.10. The van der Waals surface area contributed by atoms with Crippen LogP contribution in [0.4, 0.5) is 11.6 Å². The molecule has 1 amide bonds. The Morgan fingerprint density at radius 2 is 1.55 bits per heavy atom. The van der Waals surface area contributed by atoms with Gasteiger partial charge in [0, 0.05) is 19.2 Å². The SMILES string of the molecule is CC.CC.CC(=O)SCc1ccc2cc(CCCCN=C(N)NC(=O)c3nc(Cl)c(N)nc3N)ccc2c1. The van der Waals surface area contributed by atoms with Crippen molar-refractivity contribution in [2.24, 2.45) is 10.7 Å². The van der Waals surface area contributed by atoms with Crippen LogP contribution in [0.2, 0.25) is 5.15 Å². The van der Waals surface area contributed by atoms with Crippen molar-refractivity contribution in [3.05, 3.63) is 58.4 Å². The molecule has 1 heterocycles. The van der Waals surface area contributed by atoms with Gasteiger partial charge in [-0.05, 0) is 41.2 Å². The van der Waals surface area contributed by atoms with Crippen molar-refractivity contribution < 1.29 is 9.59 Å². The number of aromatic nitrogens is 2. The average molecular weight is 560 g/mol. The van der Waals surface area contributed by atoms with Crippen LogP contribution >= 0.6 is 23.4 Å². The molecule has 0 aliphatic heterocycles. The van der Waals surface area contributed by atoms with Crippen molar-refractivity contribution in [1.29, 1.82) is 0 Å². The molecule has 0 saturated carbocycles. The fraction of sp³-hybridized carbons (Fsp3) is 0.370. The van der Waals surface area contributed by atoms with E-state index in [1.165, 1.54) is 22.7 Å². The van der Waals surface area contributed by atoms with Crippen molar-refractivity contribution in [2.45, 2.75) is 59.6 Å². The Balaban J connectivity index is 0.00000172. The number of nitrogens with one attached hydrogen (secondary N) is 1. The maximum absolute atomic E-state index is 12.2. The molecule has 0 spiro atoms. The zero-order chi connectivity index (χ0) is 28.7. The van der Waals surface area contributed by atoms with Crippen LogP contribution in [0.1, 0.15) is 69.1 Å². The number of anilines is 2. The molecule has 0 unspecified atom stereocenters. The number of benzene rings is 2. The Kier molecular flexibility index (Phi) is 14.8. The molecule has 38 heavy (non-hydrogen) atoms. The normalized spacial score (nSPS) is 10.6. The summed E-state index contributed by atoms with van der Waals surface area (Å²) in [5.74, 6) is -0.215. The number of carbonyl (C=O) groups excluding carboxylic acids is 2. The largest absolute Gasteiger partial charge is 0.382 e. The number of hydrogen-bond donors (Lipinski definition) is 4. The number of fused-ring (bicyclic) bond motifs is 1. The smallest absolute Gasteiger partial charge is 0.280 e. The van der Waals surface area contributed by atoms with E-state index in [4.69, 9.17) is 28.8 Å². The van der Waals surface area contributed by atoms with E-state index < -0.39 is 5.91 Å². The summed E-state index contributed by atoms with van der Waals surface area (Å²) in [6.45, 7) is 10.0. The van der Waals surface area contributed by atoms with Gasteiger partial charge in [-0.15, -0.1) is 0 Å². The van der Waals surface area contributed by atoms with Gasteiger partial charge in [0.25, 0.3) is 5.91 Å². The highest BCUT2D eigenvalue weighted by atomic mass is 35.5. The quantitative estimate of drug-likeness (QED) is 0.163. The van der Waals surface area contributed by atoms with Crippen LogP contribution in [-0.2, 0) is 17.0 Å². The molecule has 2 aromatic carbocycles. The minimum Gasteiger partial charge on any atom is -0.382 e. The van der Waals surface area contributed by atoms with Crippen molar-refractivity contribution in [1.82, 2.24) is 15.3 Å². The summed E-state index contributed by atoms with van der Waals surface area (Å²) < 4.78 is 0. The summed E-state index contributed by atoms with van der Waals surface area (Å²) in [7, 11) is 0. The minimum atomic E-state index is -0.660. The Bertz CT molecular complexity index is 1250. The number of amides is 1. The lowest BCUT2D eigenvalue weighted by atomic mass is 10.0. The Morgan fingerprint density at radius 3 is 2.18 bits per heavy atom. The first-order valence-corrected chi connectivity index (χ1v) is 13.9.